The number of hydrogen-bond acceptors (Lipinski definition) is 5. The molecule has 0 atom stereocenters. The number of ether oxygens (including phenoxy) is 1. The number of pyridine rings is 1. The third kappa shape index (κ3) is 5.30. The molecule has 1 saturated heterocycles. The fraction of sp³-hybridized carbons (Fsp3) is 0.455. The highest BCUT2D eigenvalue weighted by atomic mass is 16.5. The van der Waals surface area contributed by atoms with E-state index >= 15 is 0 Å². The van der Waals surface area contributed by atoms with Crippen molar-refractivity contribution < 1.29 is 9.53 Å². The van der Waals surface area contributed by atoms with Crippen molar-refractivity contribution >= 4 is 17.4 Å². The Labute approximate surface area is 167 Å². The predicted octanol–water partition coefficient (Wildman–Crippen LogP) is 3.51. The summed E-state index contributed by atoms with van der Waals surface area (Å²) >= 11 is 0. The molecule has 0 saturated carbocycles. The standard InChI is InChI=1S/C22H30N4O2/c1-16(2)19-6-4-5-17(3)21(19)25-22(27)18-7-8-20(24-15-18)23-9-10-26-11-13-28-14-12-26/h4-8,15-16H,9-14H2,1-3H3,(H,23,24)(H,25,27). The van der Waals surface area contributed by atoms with Crippen molar-refractivity contribution in [1.29, 1.82) is 0 Å². The molecule has 1 fully saturated rings. The minimum atomic E-state index is -0.136. The summed E-state index contributed by atoms with van der Waals surface area (Å²) < 4.78 is 5.36. The van der Waals surface area contributed by atoms with Crippen molar-refractivity contribution in [2.45, 2.75) is 26.7 Å². The molecule has 0 spiro atoms. The summed E-state index contributed by atoms with van der Waals surface area (Å²) in [5.41, 5.74) is 3.66. The van der Waals surface area contributed by atoms with Crippen LogP contribution < -0.4 is 10.6 Å². The van der Waals surface area contributed by atoms with E-state index in [9.17, 15) is 4.79 Å². The number of para-hydroxylation sites is 1. The fourth-order valence-electron chi connectivity index (χ4n) is 3.33. The van der Waals surface area contributed by atoms with Crippen LogP contribution in [0.2, 0.25) is 0 Å². The maximum Gasteiger partial charge on any atom is 0.257 e. The number of rotatable bonds is 7. The molecule has 1 aliphatic rings. The van der Waals surface area contributed by atoms with Gasteiger partial charge < -0.3 is 15.4 Å². The summed E-state index contributed by atoms with van der Waals surface area (Å²) in [7, 11) is 0. The number of carbonyl (C=O) groups excluding carboxylic acids is 1. The van der Waals surface area contributed by atoms with Crippen molar-refractivity contribution in [3.63, 3.8) is 0 Å². The monoisotopic (exact) mass is 382 g/mol. The number of nitrogens with one attached hydrogen (secondary N) is 2. The Balaban J connectivity index is 1.57. The van der Waals surface area contributed by atoms with Gasteiger partial charge in [0.05, 0.1) is 18.8 Å². The number of anilines is 2. The number of benzene rings is 1. The smallest absolute Gasteiger partial charge is 0.257 e. The van der Waals surface area contributed by atoms with E-state index in [0.717, 1.165) is 62.0 Å². The van der Waals surface area contributed by atoms with Crippen LogP contribution in [-0.4, -0.2) is 55.2 Å². The lowest BCUT2D eigenvalue weighted by molar-refractivity contribution is 0.0398. The maximum absolute atomic E-state index is 12.7. The third-order valence-electron chi connectivity index (χ3n) is 5.03. The number of aromatic nitrogens is 1. The summed E-state index contributed by atoms with van der Waals surface area (Å²) in [4.78, 5) is 19.4. The minimum Gasteiger partial charge on any atom is -0.379 e. The second kappa shape index (κ2) is 9.66. The Morgan fingerprint density at radius 3 is 2.68 bits per heavy atom. The van der Waals surface area contributed by atoms with E-state index in [1.165, 1.54) is 0 Å². The molecule has 3 rings (SSSR count). The van der Waals surface area contributed by atoms with Crippen LogP contribution in [-0.2, 0) is 4.74 Å². The van der Waals surface area contributed by atoms with E-state index in [1.54, 1.807) is 6.20 Å². The van der Waals surface area contributed by atoms with E-state index in [2.05, 4.69) is 40.4 Å². The first kappa shape index (κ1) is 20.3. The normalized spacial score (nSPS) is 14.9. The molecule has 0 bridgehead atoms. The van der Waals surface area contributed by atoms with Crippen LogP contribution in [0.15, 0.2) is 36.5 Å². The Hall–Kier alpha value is -2.44. The van der Waals surface area contributed by atoms with Crippen LogP contribution in [0.3, 0.4) is 0 Å². The van der Waals surface area contributed by atoms with Gasteiger partial charge in [0.15, 0.2) is 0 Å². The molecular formula is C22H30N4O2. The molecule has 28 heavy (non-hydrogen) atoms. The molecule has 1 amide bonds. The van der Waals surface area contributed by atoms with Crippen LogP contribution in [0, 0.1) is 6.92 Å². The van der Waals surface area contributed by atoms with Gasteiger partial charge >= 0.3 is 0 Å². The highest BCUT2D eigenvalue weighted by Crippen LogP contribution is 2.27. The zero-order valence-corrected chi connectivity index (χ0v) is 17.0. The zero-order chi connectivity index (χ0) is 19.9. The first-order valence-corrected chi connectivity index (χ1v) is 9.95. The van der Waals surface area contributed by atoms with Gasteiger partial charge in [0.25, 0.3) is 5.91 Å². The van der Waals surface area contributed by atoms with Crippen LogP contribution in [0.25, 0.3) is 0 Å². The minimum absolute atomic E-state index is 0.136. The van der Waals surface area contributed by atoms with Gasteiger partial charge in [0.2, 0.25) is 0 Å². The van der Waals surface area contributed by atoms with E-state index in [4.69, 9.17) is 4.74 Å². The van der Waals surface area contributed by atoms with Crippen molar-refractivity contribution in [3.8, 4) is 0 Å². The van der Waals surface area contributed by atoms with Crippen LogP contribution in [0.4, 0.5) is 11.5 Å². The lowest BCUT2D eigenvalue weighted by Crippen LogP contribution is -2.39. The highest BCUT2D eigenvalue weighted by molar-refractivity contribution is 6.05. The van der Waals surface area contributed by atoms with Gasteiger partial charge in [-0.2, -0.15) is 0 Å². The van der Waals surface area contributed by atoms with Crippen LogP contribution >= 0.6 is 0 Å². The van der Waals surface area contributed by atoms with E-state index in [0.29, 0.717) is 11.5 Å². The second-order valence-electron chi connectivity index (χ2n) is 7.46. The maximum atomic E-state index is 12.7. The summed E-state index contributed by atoms with van der Waals surface area (Å²) in [6, 6.07) is 9.77. The number of carbonyl (C=O) groups is 1. The zero-order valence-electron chi connectivity index (χ0n) is 17.0. The highest BCUT2D eigenvalue weighted by Gasteiger charge is 2.14. The Morgan fingerprint density at radius 2 is 2.00 bits per heavy atom. The number of nitrogens with zero attached hydrogens (tertiary/aromatic N) is 2. The van der Waals surface area contributed by atoms with E-state index < -0.39 is 0 Å². The molecule has 2 heterocycles. The van der Waals surface area contributed by atoms with Crippen LogP contribution in [0.5, 0.6) is 0 Å². The van der Waals surface area contributed by atoms with Gasteiger partial charge in [0.1, 0.15) is 5.82 Å². The molecule has 2 N–H and O–H groups in total. The number of hydrogen-bond donors (Lipinski definition) is 2. The van der Waals surface area contributed by atoms with E-state index in [-0.39, 0.29) is 5.91 Å². The average molecular weight is 383 g/mol. The topological polar surface area (TPSA) is 66.5 Å². The molecule has 1 aromatic carbocycles. The SMILES string of the molecule is Cc1cccc(C(C)C)c1NC(=O)c1ccc(NCCN2CCOCC2)nc1. The Morgan fingerprint density at radius 1 is 1.21 bits per heavy atom. The third-order valence-corrected chi connectivity index (χ3v) is 5.03. The Bertz CT molecular complexity index is 784. The molecule has 0 unspecified atom stereocenters. The predicted molar refractivity (Wildman–Crippen MR) is 113 cm³/mol. The van der Waals surface area contributed by atoms with Gasteiger partial charge in [-0.25, -0.2) is 4.98 Å². The number of aryl methyl sites for hydroxylation is 1. The molecule has 6 nitrogen and oxygen atoms in total. The lowest BCUT2D eigenvalue weighted by Gasteiger charge is -2.26. The molecule has 2 aromatic rings. The summed E-state index contributed by atoms with van der Waals surface area (Å²) in [5, 5.41) is 6.38. The van der Waals surface area contributed by atoms with Gasteiger partial charge in [-0.1, -0.05) is 32.0 Å². The second-order valence-corrected chi connectivity index (χ2v) is 7.46. The summed E-state index contributed by atoms with van der Waals surface area (Å²) in [5.74, 6) is 0.985. The molecular weight excluding hydrogens is 352 g/mol. The van der Waals surface area contributed by atoms with Crippen molar-refractivity contribution in [2.75, 3.05) is 50.0 Å². The van der Waals surface area contributed by atoms with Gasteiger partial charge in [0, 0.05) is 38.1 Å². The molecule has 150 valence electrons. The molecule has 0 aliphatic carbocycles. The average Bonchev–Trinajstić information content (AvgIpc) is 2.70. The fourth-order valence-corrected chi connectivity index (χ4v) is 3.33. The van der Waals surface area contributed by atoms with Gasteiger partial charge in [-0.05, 0) is 36.1 Å². The molecule has 1 aromatic heterocycles. The molecule has 6 heteroatoms. The van der Waals surface area contributed by atoms with Gasteiger partial charge in [-0.15, -0.1) is 0 Å². The molecule has 1 aliphatic heterocycles. The largest absolute Gasteiger partial charge is 0.379 e. The first-order chi connectivity index (χ1) is 13.5. The van der Waals surface area contributed by atoms with Crippen molar-refractivity contribution in [2.24, 2.45) is 0 Å². The van der Waals surface area contributed by atoms with Gasteiger partial charge in [-0.3, -0.25) is 9.69 Å². The molecule has 0 radical (unpaired) electrons. The van der Waals surface area contributed by atoms with Crippen molar-refractivity contribution in [3.05, 3.63) is 53.2 Å². The number of amides is 1. The van der Waals surface area contributed by atoms with E-state index in [1.807, 2.05) is 31.2 Å². The van der Waals surface area contributed by atoms with Crippen molar-refractivity contribution in [1.82, 2.24) is 9.88 Å². The summed E-state index contributed by atoms with van der Waals surface area (Å²) in [6.45, 7) is 11.6. The lowest BCUT2D eigenvalue weighted by atomic mass is 9.98. The van der Waals surface area contributed by atoms with Crippen LogP contribution in [0.1, 0.15) is 41.3 Å². The summed E-state index contributed by atoms with van der Waals surface area (Å²) in [6.07, 6.45) is 1.62. The Kier molecular flexibility index (Phi) is 7.01. The number of morpholine rings is 1. The first-order valence-electron chi connectivity index (χ1n) is 9.95. The quantitative estimate of drug-likeness (QED) is 0.767.